The van der Waals surface area contributed by atoms with E-state index in [1.54, 1.807) is 34.8 Å². The van der Waals surface area contributed by atoms with Crippen molar-refractivity contribution in [2.24, 2.45) is 0 Å². The van der Waals surface area contributed by atoms with Crippen LogP contribution in [0.1, 0.15) is 91.4 Å². The van der Waals surface area contributed by atoms with Gasteiger partial charge in [-0.05, 0) is 41.0 Å². The molecule has 1 aliphatic rings. The van der Waals surface area contributed by atoms with Crippen molar-refractivity contribution in [3.05, 3.63) is 32.6 Å². The molecule has 1 aliphatic heterocycles. The average molecular weight is 724 g/mol. The number of amides is 1. The zero-order valence-electron chi connectivity index (χ0n) is 25.8. The monoisotopic (exact) mass is 723 g/mol. The number of aromatic nitrogens is 2. The highest BCUT2D eigenvalue weighted by atomic mass is 127. The number of nitrogens with one attached hydrogen (secondary N) is 1. The maximum absolute atomic E-state index is 13.5. The zero-order chi connectivity index (χ0) is 31.3. The number of aromatic amines is 1. The van der Waals surface area contributed by atoms with Crippen LogP contribution in [0.4, 0.5) is 0 Å². The Hall–Kier alpha value is -1.40. The van der Waals surface area contributed by atoms with E-state index in [-0.39, 0.29) is 57.3 Å². The molecule has 42 heavy (non-hydrogen) atoms. The molecule has 2 heterocycles. The van der Waals surface area contributed by atoms with Crippen molar-refractivity contribution in [3.63, 3.8) is 0 Å². The first-order valence-electron chi connectivity index (χ1n) is 14.7. The predicted octanol–water partition coefficient (Wildman–Crippen LogP) is 4.96. The van der Waals surface area contributed by atoms with Crippen molar-refractivity contribution in [1.29, 1.82) is 5.26 Å². The summed E-state index contributed by atoms with van der Waals surface area (Å²) in [4.78, 5) is 42.5. The molecule has 1 aromatic rings. The summed E-state index contributed by atoms with van der Waals surface area (Å²) in [6.45, 7) is 12.6. The van der Waals surface area contributed by atoms with Gasteiger partial charge in [-0.2, -0.15) is 5.26 Å². The number of halogens is 1. The van der Waals surface area contributed by atoms with E-state index in [1.807, 2.05) is 0 Å². The molecule has 3 atom stereocenters. The molecule has 238 valence electrons. The van der Waals surface area contributed by atoms with E-state index in [0.717, 1.165) is 32.1 Å². The number of carbonyl (C=O) groups excluding carboxylic acids is 1. The quantitative estimate of drug-likeness (QED) is 0.127. The van der Waals surface area contributed by atoms with E-state index in [1.165, 1.54) is 10.8 Å². The number of aryl methyl sites for hydroxylation is 1. The zero-order valence-corrected chi connectivity index (χ0v) is 28.8. The minimum Gasteiger partial charge on any atom is -0.343 e. The number of rotatable bonds is 18. The molecule has 1 unspecified atom stereocenters. The number of ether oxygens (including phenoxy) is 1. The second kappa shape index (κ2) is 18.4. The van der Waals surface area contributed by atoms with E-state index >= 15 is 0 Å². The van der Waals surface area contributed by atoms with Crippen LogP contribution in [0.15, 0.2) is 15.8 Å². The summed E-state index contributed by atoms with van der Waals surface area (Å²) in [5.41, 5.74) is -1.88. The lowest BCUT2D eigenvalue weighted by molar-refractivity contribution is -0.208. The van der Waals surface area contributed by atoms with Gasteiger partial charge in [-0.15, -0.1) is 0 Å². The van der Waals surface area contributed by atoms with Crippen LogP contribution in [-0.4, -0.2) is 75.6 Å². The number of carbonyl (C=O) groups is 1. The molecule has 0 aromatic carbocycles. The lowest BCUT2D eigenvalue weighted by Gasteiger charge is -2.46. The number of unbranched alkanes of at least 4 members (excludes halogenated alkanes) is 4. The first-order valence-corrected chi connectivity index (χ1v) is 16.7. The molecule has 0 spiro atoms. The van der Waals surface area contributed by atoms with Crippen LogP contribution in [0, 0.1) is 18.3 Å². The molecule has 1 saturated heterocycles. The largest absolute Gasteiger partial charge is 0.343 e. The molecule has 12 nitrogen and oxygen atoms in total. The Labute approximate surface area is 264 Å². The van der Waals surface area contributed by atoms with Gasteiger partial charge in [0, 0.05) is 30.3 Å². The minimum absolute atomic E-state index is 0.0120. The summed E-state index contributed by atoms with van der Waals surface area (Å²) in [5.74, 6) is -0.0367. The Kier molecular flexibility index (Phi) is 16.1. The van der Waals surface area contributed by atoms with Crippen LogP contribution in [0.2, 0.25) is 0 Å². The van der Waals surface area contributed by atoms with E-state index in [2.05, 4.69) is 50.3 Å². The number of hydrogen-bond donors (Lipinski definition) is 1. The predicted molar refractivity (Wildman–Crippen MR) is 170 cm³/mol. The molecule has 1 amide bonds. The number of morpholine rings is 1. The summed E-state index contributed by atoms with van der Waals surface area (Å²) in [7, 11) is -1.59. The maximum atomic E-state index is 13.5. The number of nitriles is 1. The summed E-state index contributed by atoms with van der Waals surface area (Å²) in [5, 5.41) is 9.06. The molecular weight excluding hydrogens is 676 g/mol. The maximum Gasteiger partial charge on any atom is 0.330 e. The third-order valence-corrected chi connectivity index (χ3v) is 9.33. The standard InChI is InChI=1S/C28H47IN5O7P/c1-7-8-9-10-11-13-24(35)32-17-25(33-16-23(6)26(36)31-27(33)37)41-28(18-32,19-38-29)20-40-42(39-15-12-14-30)34(21(2)3)22(4)5/h16,21-22,25H,7-13,15,17-20H2,1-6H3,(H,31,36,37)/t25-,28+,42?/m1/s1. The van der Waals surface area contributed by atoms with Gasteiger partial charge in [0.1, 0.15) is 28.6 Å². The molecular formula is C28H47IN5O7P. The van der Waals surface area contributed by atoms with Crippen molar-refractivity contribution in [2.45, 2.75) is 110 Å². The van der Waals surface area contributed by atoms with Gasteiger partial charge in [-0.3, -0.25) is 19.1 Å². The van der Waals surface area contributed by atoms with Crippen molar-refractivity contribution in [2.75, 3.05) is 32.9 Å². The van der Waals surface area contributed by atoms with Crippen molar-refractivity contribution < 1.29 is 21.6 Å². The Morgan fingerprint density at radius 3 is 2.52 bits per heavy atom. The van der Waals surface area contributed by atoms with Gasteiger partial charge < -0.3 is 21.8 Å². The highest BCUT2D eigenvalue weighted by Gasteiger charge is 2.45. The second-order valence-corrected chi connectivity index (χ2v) is 13.3. The van der Waals surface area contributed by atoms with Crippen LogP contribution in [-0.2, 0) is 21.6 Å². The molecule has 0 saturated carbocycles. The van der Waals surface area contributed by atoms with E-state index in [4.69, 9.17) is 22.1 Å². The van der Waals surface area contributed by atoms with Crippen molar-refractivity contribution >= 4 is 37.4 Å². The minimum atomic E-state index is -1.59. The molecule has 0 radical (unpaired) electrons. The summed E-state index contributed by atoms with van der Waals surface area (Å²) in [6, 6.07) is 2.30. The molecule has 2 rings (SSSR count). The molecule has 1 N–H and O–H groups in total. The van der Waals surface area contributed by atoms with Gasteiger partial charge in [-0.1, -0.05) is 32.6 Å². The van der Waals surface area contributed by atoms with Crippen molar-refractivity contribution in [1.82, 2.24) is 19.1 Å². The first kappa shape index (κ1) is 36.8. The van der Waals surface area contributed by atoms with Gasteiger partial charge in [0.15, 0.2) is 6.23 Å². The van der Waals surface area contributed by atoms with Gasteiger partial charge in [0.2, 0.25) is 5.91 Å². The van der Waals surface area contributed by atoms with Crippen molar-refractivity contribution in [3.8, 4) is 6.07 Å². The number of nitrogens with zero attached hydrogens (tertiary/aromatic N) is 4. The van der Waals surface area contributed by atoms with Gasteiger partial charge in [-0.25, -0.2) is 9.46 Å². The van der Waals surface area contributed by atoms with E-state index in [9.17, 15) is 14.4 Å². The topological polar surface area (TPSA) is 139 Å². The highest BCUT2D eigenvalue weighted by molar-refractivity contribution is 14.1. The van der Waals surface area contributed by atoms with E-state index < -0.39 is 31.6 Å². The van der Waals surface area contributed by atoms with Gasteiger partial charge >= 0.3 is 5.69 Å². The fraction of sp³-hybridized carbons (Fsp3) is 0.786. The lowest BCUT2D eigenvalue weighted by atomic mass is 10.0. The Morgan fingerprint density at radius 1 is 1.21 bits per heavy atom. The first-order chi connectivity index (χ1) is 20.0. The molecule has 14 heteroatoms. The normalized spacial score (nSPS) is 19.9. The van der Waals surface area contributed by atoms with E-state index in [0.29, 0.717) is 12.0 Å². The summed E-state index contributed by atoms with van der Waals surface area (Å²) >= 11 is 1.79. The molecule has 0 bridgehead atoms. The fourth-order valence-corrected chi connectivity index (χ4v) is 7.18. The smallest absolute Gasteiger partial charge is 0.330 e. The van der Waals surface area contributed by atoms with Crippen LogP contribution in [0.3, 0.4) is 0 Å². The van der Waals surface area contributed by atoms with Crippen LogP contribution >= 0.6 is 31.5 Å². The van der Waals surface area contributed by atoms with Gasteiger partial charge in [0.05, 0.1) is 45.4 Å². The van der Waals surface area contributed by atoms with Crippen LogP contribution in [0.25, 0.3) is 0 Å². The molecule has 0 aliphatic carbocycles. The Morgan fingerprint density at radius 2 is 1.90 bits per heavy atom. The fourth-order valence-electron chi connectivity index (χ4n) is 4.92. The van der Waals surface area contributed by atoms with Gasteiger partial charge in [0.25, 0.3) is 14.1 Å². The lowest BCUT2D eigenvalue weighted by Crippen LogP contribution is -2.60. The number of hydrogen-bond acceptors (Lipinski definition) is 9. The Bertz CT molecular complexity index is 1130. The number of H-pyrrole nitrogens is 1. The third kappa shape index (κ3) is 10.9. The summed E-state index contributed by atoms with van der Waals surface area (Å²) in [6.07, 6.45) is 6.29. The summed E-state index contributed by atoms with van der Waals surface area (Å²) < 4.78 is 28.1. The average Bonchev–Trinajstić information content (AvgIpc) is 2.93. The molecule has 1 fully saturated rings. The van der Waals surface area contributed by atoms with Crippen LogP contribution in [0.5, 0.6) is 0 Å². The highest BCUT2D eigenvalue weighted by Crippen LogP contribution is 2.47. The second-order valence-electron chi connectivity index (χ2n) is 11.2. The molecule has 1 aromatic heterocycles. The third-order valence-electron chi connectivity index (χ3n) is 6.96. The van der Waals surface area contributed by atoms with Crippen LogP contribution < -0.4 is 11.2 Å². The SMILES string of the molecule is CCCCCCCC(=O)N1C[C@H](n2cc(C)c(=O)[nH]c2=O)O[C@@](COI)(COP(OCCC#N)N(C(C)C)C(C)C)C1. The Balaban J connectivity index is 2.42.